The van der Waals surface area contributed by atoms with Crippen molar-refractivity contribution in [2.75, 3.05) is 65.6 Å². The highest BCUT2D eigenvalue weighted by Crippen LogP contribution is 1.98. The van der Waals surface area contributed by atoms with Crippen LogP contribution in [0, 0.1) is 0 Å². The minimum atomic E-state index is -1.17. The second-order valence-corrected chi connectivity index (χ2v) is 6.82. The van der Waals surface area contributed by atoms with Crippen LogP contribution in [-0.4, -0.2) is 119 Å². The fourth-order valence-electron chi connectivity index (χ4n) is 2.51. The zero-order valence-electron chi connectivity index (χ0n) is 18.1. The van der Waals surface area contributed by atoms with Crippen molar-refractivity contribution >= 4 is 17.9 Å². The average Bonchev–Trinajstić information content (AvgIpc) is 2.69. The molecule has 0 amide bonds. The molecular weight excluding hydrogens is 424 g/mol. The number of aliphatic carboxylic acids is 3. The Kier molecular flexibility index (Phi) is 16.3. The molecule has 0 fully saturated rings. The minimum Gasteiger partial charge on any atom is -0.480 e. The summed E-state index contributed by atoms with van der Waals surface area (Å²) in [7, 11) is 0. The lowest BCUT2D eigenvalue weighted by Crippen LogP contribution is -2.41. The molecule has 0 saturated heterocycles. The molecule has 12 heteroatoms. The molecule has 12 nitrogen and oxygen atoms in total. The van der Waals surface area contributed by atoms with Gasteiger partial charge in [-0.2, -0.15) is 5.06 Å². The molecule has 0 heterocycles. The van der Waals surface area contributed by atoms with Crippen LogP contribution < -0.4 is 5.73 Å². The molecule has 182 valence electrons. The molecule has 0 radical (unpaired) electrons. The molecule has 0 atom stereocenters. The number of allylic oxidation sites excluding steroid dienone is 3. The molecule has 0 rings (SSSR count). The second-order valence-electron chi connectivity index (χ2n) is 6.82. The van der Waals surface area contributed by atoms with Crippen molar-refractivity contribution in [2.45, 2.75) is 6.42 Å². The molecular formula is C20H34N4O8. The number of carboxylic acids is 3. The molecule has 0 spiro atoms. The first-order valence-corrected chi connectivity index (χ1v) is 10.0. The maximum atomic E-state index is 11.1. The van der Waals surface area contributed by atoms with Crippen molar-refractivity contribution in [3.8, 4) is 0 Å². The summed E-state index contributed by atoms with van der Waals surface area (Å²) in [4.78, 5) is 36.0. The van der Waals surface area contributed by atoms with Crippen LogP contribution in [0.2, 0.25) is 0 Å². The maximum absolute atomic E-state index is 11.1. The Morgan fingerprint density at radius 2 is 1.38 bits per heavy atom. The van der Waals surface area contributed by atoms with Crippen molar-refractivity contribution in [3.63, 3.8) is 0 Å². The molecule has 0 aromatic heterocycles. The summed E-state index contributed by atoms with van der Waals surface area (Å²) in [6.45, 7) is 4.27. The van der Waals surface area contributed by atoms with Gasteiger partial charge in [0.1, 0.15) is 6.54 Å². The highest BCUT2D eigenvalue weighted by molar-refractivity contribution is 5.69. The van der Waals surface area contributed by atoms with Gasteiger partial charge in [0.15, 0.2) is 0 Å². The Morgan fingerprint density at radius 1 is 0.844 bits per heavy atom. The van der Waals surface area contributed by atoms with E-state index < -0.39 is 24.5 Å². The van der Waals surface area contributed by atoms with Gasteiger partial charge in [-0.25, -0.2) is 0 Å². The van der Waals surface area contributed by atoms with E-state index in [2.05, 4.69) is 6.58 Å². The Bertz CT molecular complexity index is 654. The Balaban J connectivity index is 4.51. The van der Waals surface area contributed by atoms with Gasteiger partial charge in [-0.05, 0) is 18.6 Å². The predicted molar refractivity (Wildman–Crippen MR) is 116 cm³/mol. The SMILES string of the molecule is C=C/C(N)=C\C=C\CCN(CCN(CCOCCN(O)CC(=O)O)CC(=O)O)CC(=O)O. The maximum Gasteiger partial charge on any atom is 0.320 e. The Hall–Kier alpha value is -2.77. The number of ether oxygens (including phenoxy) is 1. The lowest BCUT2D eigenvalue weighted by atomic mass is 10.3. The topological polar surface area (TPSA) is 177 Å². The molecule has 0 unspecified atom stereocenters. The lowest BCUT2D eigenvalue weighted by Gasteiger charge is -2.25. The van der Waals surface area contributed by atoms with Gasteiger partial charge >= 0.3 is 17.9 Å². The van der Waals surface area contributed by atoms with Crippen LogP contribution in [0.4, 0.5) is 0 Å². The van der Waals surface area contributed by atoms with Crippen molar-refractivity contribution in [1.29, 1.82) is 0 Å². The van der Waals surface area contributed by atoms with Gasteiger partial charge in [-0.15, -0.1) is 0 Å². The van der Waals surface area contributed by atoms with E-state index in [4.69, 9.17) is 25.8 Å². The van der Waals surface area contributed by atoms with Crippen LogP contribution >= 0.6 is 0 Å². The molecule has 32 heavy (non-hydrogen) atoms. The zero-order chi connectivity index (χ0) is 24.4. The predicted octanol–water partition coefficient (Wildman–Crippen LogP) is -0.473. The molecule has 0 aliphatic rings. The van der Waals surface area contributed by atoms with Gasteiger partial charge in [-0.1, -0.05) is 18.7 Å². The summed E-state index contributed by atoms with van der Waals surface area (Å²) in [5, 5.41) is 36.7. The number of nitrogens with two attached hydrogens (primary N) is 1. The van der Waals surface area contributed by atoms with Crippen LogP contribution in [0.5, 0.6) is 0 Å². The van der Waals surface area contributed by atoms with Crippen molar-refractivity contribution in [2.24, 2.45) is 5.73 Å². The van der Waals surface area contributed by atoms with Gasteiger partial charge < -0.3 is 31.0 Å². The average molecular weight is 459 g/mol. The molecule has 0 aromatic rings. The van der Waals surface area contributed by atoms with Crippen LogP contribution in [0.3, 0.4) is 0 Å². The number of nitrogens with zero attached hydrogens (tertiary/aromatic N) is 3. The third kappa shape index (κ3) is 18.0. The van der Waals surface area contributed by atoms with E-state index in [0.29, 0.717) is 36.8 Å². The van der Waals surface area contributed by atoms with Crippen molar-refractivity contribution in [3.05, 3.63) is 36.6 Å². The molecule has 0 saturated carbocycles. The number of carboxylic acid groups (broad SMARTS) is 3. The third-order valence-corrected chi connectivity index (χ3v) is 4.09. The molecule has 0 aliphatic carbocycles. The normalized spacial score (nSPS) is 12.2. The quantitative estimate of drug-likeness (QED) is 0.0901. The van der Waals surface area contributed by atoms with E-state index in [-0.39, 0.29) is 39.4 Å². The molecule has 0 bridgehead atoms. The van der Waals surface area contributed by atoms with Crippen LogP contribution in [0.1, 0.15) is 6.42 Å². The van der Waals surface area contributed by atoms with Crippen molar-refractivity contribution < 1.29 is 39.6 Å². The largest absolute Gasteiger partial charge is 0.480 e. The highest BCUT2D eigenvalue weighted by atomic mass is 16.5. The summed E-state index contributed by atoms with van der Waals surface area (Å²) in [6.07, 6.45) is 7.39. The monoisotopic (exact) mass is 458 g/mol. The first-order valence-electron chi connectivity index (χ1n) is 10.0. The van der Waals surface area contributed by atoms with Crippen LogP contribution in [0.15, 0.2) is 36.6 Å². The van der Waals surface area contributed by atoms with Crippen LogP contribution in [0.25, 0.3) is 0 Å². The molecule has 6 N–H and O–H groups in total. The van der Waals surface area contributed by atoms with E-state index in [1.54, 1.807) is 22.0 Å². The van der Waals surface area contributed by atoms with E-state index >= 15 is 0 Å². The van der Waals surface area contributed by atoms with E-state index in [0.717, 1.165) is 0 Å². The minimum absolute atomic E-state index is 0.00122. The first-order chi connectivity index (χ1) is 15.1. The molecule has 0 aliphatic heterocycles. The number of rotatable bonds is 20. The summed E-state index contributed by atoms with van der Waals surface area (Å²) >= 11 is 0. The Morgan fingerprint density at radius 3 is 1.91 bits per heavy atom. The zero-order valence-corrected chi connectivity index (χ0v) is 18.1. The first kappa shape index (κ1) is 29.2. The number of hydroxylamine groups is 2. The standard InChI is InChI=1S/C20H34N4O8/c1-2-17(21)6-4-3-5-7-22(14-18(25)26)8-9-23(15-19(27)28)10-12-32-13-11-24(31)16-20(29)30/h2-4,6,31H,1,5,7-16,21H2,(H,25,26)(H,27,28)(H,29,30)/b4-3+,17-6+. The summed E-state index contributed by atoms with van der Waals surface area (Å²) in [5.41, 5.74) is 6.11. The van der Waals surface area contributed by atoms with Gasteiger partial charge in [0, 0.05) is 38.4 Å². The summed E-state index contributed by atoms with van der Waals surface area (Å²) < 4.78 is 5.32. The van der Waals surface area contributed by atoms with Gasteiger partial charge in [0.05, 0.1) is 26.3 Å². The third-order valence-electron chi connectivity index (χ3n) is 4.09. The lowest BCUT2D eigenvalue weighted by molar-refractivity contribution is -0.155. The highest BCUT2D eigenvalue weighted by Gasteiger charge is 2.14. The van der Waals surface area contributed by atoms with E-state index in [1.165, 1.54) is 6.08 Å². The number of hydrogen-bond donors (Lipinski definition) is 5. The second kappa shape index (κ2) is 17.9. The number of hydrogen-bond acceptors (Lipinski definition) is 9. The number of carbonyl (C=O) groups is 3. The van der Waals surface area contributed by atoms with Gasteiger partial charge in [-0.3, -0.25) is 24.2 Å². The van der Waals surface area contributed by atoms with Gasteiger partial charge in [0.2, 0.25) is 0 Å². The Labute approximate surface area is 187 Å². The van der Waals surface area contributed by atoms with Crippen molar-refractivity contribution in [1.82, 2.24) is 14.9 Å². The summed E-state index contributed by atoms with van der Waals surface area (Å²) in [5.74, 6) is -3.17. The van der Waals surface area contributed by atoms with Gasteiger partial charge in [0.25, 0.3) is 0 Å². The fourth-order valence-corrected chi connectivity index (χ4v) is 2.51. The fraction of sp³-hybridized carbons (Fsp3) is 0.550. The van der Waals surface area contributed by atoms with E-state index in [1.807, 2.05) is 6.08 Å². The molecule has 0 aromatic carbocycles. The van der Waals surface area contributed by atoms with E-state index in [9.17, 15) is 19.6 Å². The summed E-state index contributed by atoms with van der Waals surface area (Å²) in [6, 6.07) is 0. The van der Waals surface area contributed by atoms with Crippen LogP contribution in [-0.2, 0) is 19.1 Å². The smallest absolute Gasteiger partial charge is 0.320 e.